The number of aryl methyl sites for hydroxylation is 1. The second-order valence-corrected chi connectivity index (χ2v) is 7.32. The van der Waals surface area contributed by atoms with Crippen LogP contribution >= 0.6 is 11.3 Å². The quantitative estimate of drug-likeness (QED) is 0.634. The topological polar surface area (TPSA) is 94.3 Å². The lowest BCUT2D eigenvalue weighted by Crippen LogP contribution is -2.39. The van der Waals surface area contributed by atoms with Crippen molar-refractivity contribution in [2.75, 3.05) is 6.54 Å². The molecule has 7 heteroatoms. The molecule has 0 saturated carbocycles. The Hall–Kier alpha value is -2.98. The summed E-state index contributed by atoms with van der Waals surface area (Å²) in [6.45, 7) is 2.48. The summed E-state index contributed by atoms with van der Waals surface area (Å²) >= 11 is 1.37. The van der Waals surface area contributed by atoms with Gasteiger partial charge in [-0.05, 0) is 42.5 Å². The summed E-state index contributed by atoms with van der Waals surface area (Å²) in [6.07, 6.45) is 4.40. The fourth-order valence-corrected chi connectivity index (χ4v) is 3.84. The maximum atomic E-state index is 12.9. The van der Waals surface area contributed by atoms with E-state index in [1.165, 1.54) is 17.4 Å². The first kappa shape index (κ1) is 18.8. The maximum absolute atomic E-state index is 12.9. The molecular formula is C20H19N3O3S. The van der Waals surface area contributed by atoms with E-state index in [1.54, 1.807) is 16.5 Å². The first-order valence-corrected chi connectivity index (χ1v) is 9.53. The number of amides is 1. The average Bonchev–Trinajstić information content (AvgIpc) is 3.17. The lowest BCUT2D eigenvalue weighted by atomic mass is 9.90. The molecule has 1 aliphatic rings. The van der Waals surface area contributed by atoms with Crippen molar-refractivity contribution in [3.8, 4) is 6.07 Å². The van der Waals surface area contributed by atoms with Crippen molar-refractivity contribution in [1.82, 2.24) is 9.88 Å². The third kappa shape index (κ3) is 4.23. The minimum Gasteiger partial charge on any atom is -0.481 e. The number of carboxylic acids is 1. The number of aliphatic carboxylic acids is 1. The van der Waals surface area contributed by atoms with Crippen molar-refractivity contribution in [3.63, 3.8) is 0 Å². The molecule has 6 nitrogen and oxygen atoms in total. The van der Waals surface area contributed by atoms with Gasteiger partial charge in [-0.2, -0.15) is 5.26 Å². The van der Waals surface area contributed by atoms with Crippen LogP contribution in [0.1, 0.15) is 41.1 Å². The average molecular weight is 381 g/mol. The molecule has 1 unspecified atom stereocenters. The standard InChI is InChI=1S/C20H19N3O3S/c1-13-17-10-14(3-5-19(24)25)2-4-15(17)6-8-23(13)20(26)16(12-21)11-18-22-7-9-27-18/h2,4,7,9-11,13H,3,5-6,8H2,1H3,(H,24,25). The van der Waals surface area contributed by atoms with E-state index in [-0.39, 0.29) is 23.9 Å². The van der Waals surface area contributed by atoms with Gasteiger partial charge in [0, 0.05) is 24.5 Å². The summed E-state index contributed by atoms with van der Waals surface area (Å²) < 4.78 is 0. The zero-order chi connectivity index (χ0) is 19.4. The molecule has 0 bridgehead atoms. The van der Waals surface area contributed by atoms with Crippen molar-refractivity contribution >= 4 is 29.3 Å². The van der Waals surface area contributed by atoms with Crippen LogP contribution in [0, 0.1) is 11.3 Å². The van der Waals surface area contributed by atoms with Gasteiger partial charge in [0.05, 0.1) is 6.04 Å². The Bertz CT molecular complexity index is 928. The first-order valence-electron chi connectivity index (χ1n) is 8.65. The number of hydrogen-bond acceptors (Lipinski definition) is 5. The van der Waals surface area contributed by atoms with E-state index in [0.717, 1.165) is 16.7 Å². The van der Waals surface area contributed by atoms with Crippen LogP contribution < -0.4 is 0 Å². The number of thiazole rings is 1. The molecule has 2 aromatic rings. The number of benzene rings is 1. The Kier molecular flexibility index (Phi) is 5.67. The molecule has 1 aromatic carbocycles. The number of hydrogen-bond donors (Lipinski definition) is 1. The minimum absolute atomic E-state index is 0.0716. The molecule has 2 heterocycles. The molecule has 1 amide bonds. The predicted octanol–water partition coefficient (Wildman–Crippen LogP) is 3.21. The monoisotopic (exact) mass is 381 g/mol. The molecule has 1 aromatic heterocycles. The zero-order valence-corrected chi connectivity index (χ0v) is 15.7. The van der Waals surface area contributed by atoms with Crippen LogP contribution in [0.2, 0.25) is 0 Å². The second-order valence-electron chi connectivity index (χ2n) is 6.39. The van der Waals surface area contributed by atoms with Crippen LogP contribution in [-0.2, 0) is 22.4 Å². The van der Waals surface area contributed by atoms with Gasteiger partial charge in [0.2, 0.25) is 0 Å². The number of carbonyl (C=O) groups is 2. The van der Waals surface area contributed by atoms with Crippen molar-refractivity contribution in [3.05, 3.63) is 57.0 Å². The predicted molar refractivity (Wildman–Crippen MR) is 102 cm³/mol. The number of aromatic nitrogens is 1. The van der Waals surface area contributed by atoms with E-state index in [4.69, 9.17) is 5.11 Å². The molecule has 1 atom stereocenters. The van der Waals surface area contributed by atoms with Gasteiger partial charge in [0.15, 0.2) is 0 Å². The van der Waals surface area contributed by atoms with Crippen LogP contribution in [0.3, 0.4) is 0 Å². The van der Waals surface area contributed by atoms with Gasteiger partial charge in [-0.15, -0.1) is 11.3 Å². The van der Waals surface area contributed by atoms with Gasteiger partial charge in [-0.3, -0.25) is 9.59 Å². The van der Waals surface area contributed by atoms with Crippen LogP contribution in [-0.4, -0.2) is 33.4 Å². The van der Waals surface area contributed by atoms with E-state index in [0.29, 0.717) is 24.4 Å². The summed E-state index contributed by atoms with van der Waals surface area (Å²) in [5, 5.41) is 20.7. The molecular weight excluding hydrogens is 362 g/mol. The number of carbonyl (C=O) groups excluding carboxylic acids is 1. The van der Waals surface area contributed by atoms with Crippen LogP contribution in [0.5, 0.6) is 0 Å². The summed E-state index contributed by atoms with van der Waals surface area (Å²) in [6, 6.07) is 7.77. The number of rotatable bonds is 5. The van der Waals surface area contributed by atoms with Crippen LogP contribution in [0.4, 0.5) is 0 Å². The van der Waals surface area contributed by atoms with Crippen molar-refractivity contribution in [2.45, 2.75) is 32.2 Å². The third-order valence-electron chi connectivity index (χ3n) is 4.71. The Morgan fingerprint density at radius 3 is 2.96 bits per heavy atom. The zero-order valence-electron chi connectivity index (χ0n) is 14.9. The molecule has 0 saturated heterocycles. The second kappa shape index (κ2) is 8.14. The molecule has 0 aliphatic carbocycles. The van der Waals surface area contributed by atoms with E-state index >= 15 is 0 Å². The van der Waals surface area contributed by atoms with Gasteiger partial charge in [0.1, 0.15) is 16.6 Å². The van der Waals surface area contributed by atoms with Gasteiger partial charge in [-0.1, -0.05) is 18.2 Å². The Morgan fingerprint density at radius 1 is 1.48 bits per heavy atom. The van der Waals surface area contributed by atoms with E-state index in [1.807, 2.05) is 31.2 Å². The molecule has 27 heavy (non-hydrogen) atoms. The fraction of sp³-hybridized carbons (Fsp3) is 0.300. The van der Waals surface area contributed by atoms with Crippen LogP contribution in [0.15, 0.2) is 35.3 Å². The molecule has 0 spiro atoms. The highest BCUT2D eigenvalue weighted by Crippen LogP contribution is 2.31. The van der Waals surface area contributed by atoms with Crippen molar-refractivity contribution < 1.29 is 14.7 Å². The summed E-state index contributed by atoms with van der Waals surface area (Å²) in [4.78, 5) is 29.5. The number of fused-ring (bicyclic) bond motifs is 1. The molecule has 138 valence electrons. The lowest BCUT2D eigenvalue weighted by molar-refractivity contribution is -0.137. The van der Waals surface area contributed by atoms with E-state index in [2.05, 4.69) is 4.98 Å². The smallest absolute Gasteiger partial charge is 0.303 e. The minimum atomic E-state index is -0.830. The van der Waals surface area contributed by atoms with Crippen molar-refractivity contribution in [2.24, 2.45) is 0 Å². The first-order chi connectivity index (χ1) is 13.0. The summed E-state index contributed by atoms with van der Waals surface area (Å²) in [5.74, 6) is -1.13. The lowest BCUT2D eigenvalue weighted by Gasteiger charge is -2.35. The molecule has 0 fully saturated rings. The van der Waals surface area contributed by atoms with Gasteiger partial charge < -0.3 is 10.0 Å². The fourth-order valence-electron chi connectivity index (χ4n) is 3.27. The molecule has 1 aliphatic heterocycles. The van der Waals surface area contributed by atoms with Gasteiger partial charge >= 0.3 is 5.97 Å². The highest BCUT2D eigenvalue weighted by Gasteiger charge is 2.29. The summed E-state index contributed by atoms with van der Waals surface area (Å²) in [5.41, 5.74) is 3.19. The Morgan fingerprint density at radius 2 is 2.30 bits per heavy atom. The number of nitrogens with zero attached hydrogens (tertiary/aromatic N) is 3. The largest absolute Gasteiger partial charge is 0.481 e. The highest BCUT2D eigenvalue weighted by atomic mass is 32.1. The Balaban J connectivity index is 1.83. The molecule has 1 N–H and O–H groups in total. The Labute approximate surface area is 161 Å². The van der Waals surface area contributed by atoms with E-state index < -0.39 is 5.97 Å². The SMILES string of the molecule is CC1c2cc(CCC(=O)O)ccc2CCN1C(=O)C(C#N)=Cc1nccs1. The van der Waals surface area contributed by atoms with Gasteiger partial charge in [0.25, 0.3) is 5.91 Å². The maximum Gasteiger partial charge on any atom is 0.303 e. The highest BCUT2D eigenvalue weighted by molar-refractivity contribution is 7.10. The third-order valence-corrected chi connectivity index (χ3v) is 5.43. The molecule has 3 rings (SSSR count). The van der Waals surface area contributed by atoms with Crippen LogP contribution in [0.25, 0.3) is 6.08 Å². The summed E-state index contributed by atoms with van der Waals surface area (Å²) in [7, 11) is 0. The van der Waals surface area contributed by atoms with Crippen molar-refractivity contribution in [1.29, 1.82) is 5.26 Å². The van der Waals surface area contributed by atoms with E-state index in [9.17, 15) is 14.9 Å². The number of carboxylic acid groups (broad SMARTS) is 1. The normalized spacial score (nSPS) is 16.5. The molecule has 0 radical (unpaired) electrons. The number of nitriles is 1. The van der Waals surface area contributed by atoms with Gasteiger partial charge in [-0.25, -0.2) is 4.98 Å².